The van der Waals surface area contributed by atoms with E-state index in [1.165, 1.54) is 11.8 Å². The van der Waals surface area contributed by atoms with Gasteiger partial charge in [-0.3, -0.25) is 14.4 Å². The number of amides is 3. The number of carbonyl (C=O) groups excluding carboxylic acids is 3. The zero-order valence-electron chi connectivity index (χ0n) is 27.6. The molecule has 4 rings (SSSR count). The molecule has 0 spiro atoms. The van der Waals surface area contributed by atoms with Crippen LogP contribution in [0.2, 0.25) is 0 Å². The van der Waals surface area contributed by atoms with Gasteiger partial charge < -0.3 is 30.2 Å². The van der Waals surface area contributed by atoms with Crippen molar-refractivity contribution in [3.63, 3.8) is 0 Å². The van der Waals surface area contributed by atoms with Crippen LogP contribution in [0.1, 0.15) is 22.3 Å². The van der Waals surface area contributed by atoms with Crippen LogP contribution >= 0.6 is 11.8 Å². The normalized spacial score (nSPS) is 11.3. The van der Waals surface area contributed by atoms with Crippen LogP contribution in [0.5, 0.6) is 17.2 Å². The summed E-state index contributed by atoms with van der Waals surface area (Å²) < 4.78 is 16.1. The summed E-state index contributed by atoms with van der Waals surface area (Å²) in [7, 11) is 4.80. The molecule has 0 aliphatic rings. The molecule has 9 nitrogen and oxygen atoms in total. The van der Waals surface area contributed by atoms with Crippen LogP contribution in [-0.4, -0.2) is 63.4 Å². The maximum atomic E-state index is 13.9. The summed E-state index contributed by atoms with van der Waals surface area (Å²) in [6, 6.07) is 31.0. The van der Waals surface area contributed by atoms with Gasteiger partial charge in [-0.15, -0.1) is 11.8 Å². The van der Waals surface area contributed by atoms with E-state index in [0.29, 0.717) is 36.5 Å². The Labute approximate surface area is 286 Å². The molecule has 4 aromatic carbocycles. The highest BCUT2D eigenvalue weighted by atomic mass is 32.2. The van der Waals surface area contributed by atoms with E-state index >= 15 is 0 Å². The molecule has 1 atom stereocenters. The van der Waals surface area contributed by atoms with E-state index in [1.807, 2.05) is 103 Å². The molecule has 0 aromatic heterocycles. The topological polar surface area (TPSA) is 115 Å². The summed E-state index contributed by atoms with van der Waals surface area (Å²) in [6.07, 6.45) is 1.39. The van der Waals surface area contributed by atoms with E-state index in [2.05, 4.69) is 16.0 Å². The van der Waals surface area contributed by atoms with Crippen LogP contribution in [0.15, 0.2) is 103 Å². The number of carbonyl (C=O) groups is 3. The Morgan fingerprint density at radius 1 is 0.604 bits per heavy atom. The highest BCUT2D eigenvalue weighted by Gasteiger charge is 2.31. The maximum Gasteiger partial charge on any atom is 0.252 e. The standard InChI is InChI=1S/C38H43N3O6S/c1-45-31-19-17-28(18-20-31)26-48-34(25-27-11-5-4-6-12-27)36(42)41-35(37(43)39-23-21-29-13-7-9-15-32(29)46-2)38(44)40-24-22-30-14-8-10-16-33(30)47-3/h4-20,34-35H,21-26H2,1-3H3,(H,39,43)(H,40,44)(H,41,42)/t34-/m0/s1. The number of methoxy groups -OCH3 is 3. The van der Waals surface area contributed by atoms with E-state index in [0.717, 1.165) is 28.0 Å². The highest BCUT2D eigenvalue weighted by Crippen LogP contribution is 2.24. The highest BCUT2D eigenvalue weighted by molar-refractivity contribution is 7.99. The first-order chi connectivity index (χ1) is 23.4. The van der Waals surface area contributed by atoms with Crippen molar-refractivity contribution >= 4 is 29.5 Å². The lowest BCUT2D eigenvalue weighted by atomic mass is 10.1. The van der Waals surface area contributed by atoms with Gasteiger partial charge in [-0.1, -0.05) is 78.9 Å². The van der Waals surface area contributed by atoms with E-state index in [9.17, 15) is 14.4 Å². The fourth-order valence-electron chi connectivity index (χ4n) is 5.12. The Morgan fingerprint density at radius 2 is 1.12 bits per heavy atom. The Bertz CT molecular complexity index is 1550. The fraction of sp³-hybridized carbons (Fsp3) is 0.289. The molecule has 0 aliphatic carbocycles. The number of ether oxygens (including phenoxy) is 3. The number of para-hydroxylation sites is 2. The van der Waals surface area contributed by atoms with Crippen molar-refractivity contribution in [2.45, 2.75) is 36.3 Å². The van der Waals surface area contributed by atoms with Crippen molar-refractivity contribution in [1.82, 2.24) is 16.0 Å². The summed E-state index contributed by atoms with van der Waals surface area (Å²) in [4.78, 5) is 41.0. The van der Waals surface area contributed by atoms with Crippen LogP contribution in [0, 0.1) is 0 Å². The first kappa shape index (κ1) is 35.9. The zero-order chi connectivity index (χ0) is 34.1. The molecule has 0 bridgehead atoms. The van der Waals surface area contributed by atoms with E-state index in [4.69, 9.17) is 14.2 Å². The molecule has 0 heterocycles. The lowest BCUT2D eigenvalue weighted by molar-refractivity contribution is -0.136. The van der Waals surface area contributed by atoms with Gasteiger partial charge in [0.05, 0.1) is 26.6 Å². The number of nitrogens with one attached hydrogen (secondary N) is 3. The van der Waals surface area contributed by atoms with Crippen LogP contribution in [0.4, 0.5) is 0 Å². The van der Waals surface area contributed by atoms with Crippen molar-refractivity contribution in [1.29, 1.82) is 0 Å². The fourth-order valence-corrected chi connectivity index (χ4v) is 6.24. The SMILES string of the molecule is COc1ccc(CS[C@@H](Cc2ccccc2)C(=O)NC(C(=O)NCCc2ccccc2OC)C(=O)NCCc2ccccc2OC)cc1. The van der Waals surface area contributed by atoms with Crippen molar-refractivity contribution in [3.05, 3.63) is 125 Å². The van der Waals surface area contributed by atoms with Crippen LogP contribution in [0.25, 0.3) is 0 Å². The lowest BCUT2D eigenvalue weighted by Crippen LogP contribution is -2.57. The number of rotatable bonds is 18. The molecular weight excluding hydrogens is 627 g/mol. The van der Waals surface area contributed by atoms with E-state index in [1.54, 1.807) is 21.3 Å². The molecule has 0 unspecified atom stereocenters. The predicted octanol–water partition coefficient (Wildman–Crippen LogP) is 4.76. The molecule has 0 saturated carbocycles. The molecule has 3 N–H and O–H groups in total. The number of benzene rings is 4. The third kappa shape index (κ3) is 10.8. The number of hydrogen-bond donors (Lipinski definition) is 3. The zero-order valence-corrected chi connectivity index (χ0v) is 28.4. The molecule has 48 heavy (non-hydrogen) atoms. The van der Waals surface area contributed by atoms with Gasteiger partial charge in [0, 0.05) is 18.8 Å². The van der Waals surface area contributed by atoms with Gasteiger partial charge in [0.1, 0.15) is 17.2 Å². The van der Waals surface area contributed by atoms with E-state index in [-0.39, 0.29) is 13.1 Å². The van der Waals surface area contributed by atoms with Crippen LogP contribution in [-0.2, 0) is 39.4 Å². The molecular formula is C38H43N3O6S. The first-order valence-electron chi connectivity index (χ1n) is 15.8. The molecule has 0 radical (unpaired) electrons. The molecule has 0 aliphatic heterocycles. The molecule has 0 saturated heterocycles. The van der Waals surface area contributed by atoms with Crippen LogP contribution < -0.4 is 30.2 Å². The van der Waals surface area contributed by atoms with Gasteiger partial charge >= 0.3 is 0 Å². The second-order valence-corrected chi connectivity index (χ2v) is 12.2. The van der Waals surface area contributed by atoms with Crippen molar-refractivity contribution in [2.75, 3.05) is 34.4 Å². The second-order valence-electron chi connectivity index (χ2n) is 11.0. The molecule has 0 fully saturated rings. The third-order valence-corrected chi connectivity index (χ3v) is 9.03. The monoisotopic (exact) mass is 669 g/mol. The minimum atomic E-state index is -1.44. The van der Waals surface area contributed by atoms with Crippen molar-refractivity contribution in [2.24, 2.45) is 0 Å². The summed E-state index contributed by atoms with van der Waals surface area (Å²) in [6.45, 7) is 0.499. The van der Waals surface area contributed by atoms with Gasteiger partial charge in [-0.05, 0) is 65.8 Å². The average Bonchev–Trinajstić information content (AvgIpc) is 3.13. The summed E-state index contributed by atoms with van der Waals surface area (Å²) in [5, 5.41) is 7.90. The summed E-state index contributed by atoms with van der Waals surface area (Å²) in [5.41, 5.74) is 3.82. The van der Waals surface area contributed by atoms with Crippen molar-refractivity contribution < 1.29 is 28.6 Å². The Hall–Kier alpha value is -4.96. The molecule has 252 valence electrons. The summed E-state index contributed by atoms with van der Waals surface area (Å²) >= 11 is 1.45. The number of thioether (sulfide) groups is 1. The molecule has 3 amide bonds. The molecule has 10 heteroatoms. The van der Waals surface area contributed by atoms with Gasteiger partial charge in [-0.25, -0.2) is 0 Å². The van der Waals surface area contributed by atoms with Gasteiger partial charge in [0.2, 0.25) is 5.91 Å². The predicted molar refractivity (Wildman–Crippen MR) is 190 cm³/mol. The van der Waals surface area contributed by atoms with Crippen molar-refractivity contribution in [3.8, 4) is 17.2 Å². The minimum absolute atomic E-state index is 0.250. The summed E-state index contributed by atoms with van der Waals surface area (Å²) in [5.74, 6) is 1.14. The lowest BCUT2D eigenvalue weighted by Gasteiger charge is -2.22. The third-order valence-electron chi connectivity index (χ3n) is 7.75. The minimum Gasteiger partial charge on any atom is -0.497 e. The average molecular weight is 670 g/mol. The van der Waals surface area contributed by atoms with Gasteiger partial charge in [0.15, 0.2) is 6.04 Å². The number of hydrogen-bond acceptors (Lipinski definition) is 7. The second kappa shape index (κ2) is 19.0. The van der Waals surface area contributed by atoms with Gasteiger partial charge in [0.25, 0.3) is 11.8 Å². The largest absolute Gasteiger partial charge is 0.497 e. The maximum absolute atomic E-state index is 13.9. The quantitative estimate of drug-likeness (QED) is 0.131. The molecule has 4 aromatic rings. The Kier molecular flexibility index (Phi) is 14.2. The Balaban J connectivity index is 1.48. The van der Waals surface area contributed by atoms with E-state index < -0.39 is 29.0 Å². The smallest absolute Gasteiger partial charge is 0.252 e. The van der Waals surface area contributed by atoms with Crippen LogP contribution in [0.3, 0.4) is 0 Å². The first-order valence-corrected chi connectivity index (χ1v) is 16.8. The van der Waals surface area contributed by atoms with Gasteiger partial charge in [-0.2, -0.15) is 0 Å². The Morgan fingerprint density at radius 3 is 1.65 bits per heavy atom.